The average Bonchev–Trinajstić information content (AvgIpc) is 2.38. The third kappa shape index (κ3) is 3.98. The van der Waals surface area contributed by atoms with Crippen molar-refractivity contribution in [2.45, 2.75) is 46.1 Å². The fraction of sp³-hybridized carbons (Fsp3) is 0.750. The zero-order chi connectivity index (χ0) is 13.5. The van der Waals surface area contributed by atoms with Crippen molar-refractivity contribution in [3.05, 3.63) is 5.28 Å². The average molecular weight is 272 g/mol. The predicted octanol–water partition coefficient (Wildman–Crippen LogP) is 2.97. The molecule has 1 aromatic heterocycles. The fourth-order valence-electron chi connectivity index (χ4n) is 1.65. The van der Waals surface area contributed by atoms with E-state index in [2.05, 4.69) is 45.9 Å². The van der Waals surface area contributed by atoms with Gasteiger partial charge in [-0.2, -0.15) is 15.0 Å². The molecular formula is C12H22ClN5. The Morgan fingerprint density at radius 2 is 2.00 bits per heavy atom. The molecule has 0 aliphatic carbocycles. The summed E-state index contributed by atoms with van der Waals surface area (Å²) in [5, 5.41) is 3.13. The first-order valence-corrected chi connectivity index (χ1v) is 6.86. The Morgan fingerprint density at radius 1 is 1.28 bits per heavy atom. The number of rotatable bonds is 7. The third-order valence-electron chi connectivity index (χ3n) is 2.95. The van der Waals surface area contributed by atoms with Gasteiger partial charge in [-0.1, -0.05) is 20.3 Å². The number of aromatic nitrogens is 3. The Hall–Kier alpha value is -1.10. The minimum Gasteiger partial charge on any atom is -0.357 e. The van der Waals surface area contributed by atoms with E-state index < -0.39 is 0 Å². The van der Waals surface area contributed by atoms with Crippen LogP contribution in [0.15, 0.2) is 0 Å². The van der Waals surface area contributed by atoms with Crippen LogP contribution in [0, 0.1) is 0 Å². The number of halogens is 1. The lowest BCUT2D eigenvalue weighted by Gasteiger charge is -2.28. The van der Waals surface area contributed by atoms with Crippen LogP contribution >= 0.6 is 11.6 Å². The molecule has 0 saturated carbocycles. The van der Waals surface area contributed by atoms with E-state index in [1.807, 2.05) is 0 Å². The van der Waals surface area contributed by atoms with E-state index in [-0.39, 0.29) is 5.28 Å². The van der Waals surface area contributed by atoms with Crippen molar-refractivity contribution in [2.24, 2.45) is 0 Å². The number of unbranched alkanes of at least 4 members (excludes halogenated alkanes) is 1. The van der Waals surface area contributed by atoms with Crippen LogP contribution in [0.1, 0.15) is 40.0 Å². The Balaban J connectivity index is 2.99. The first kappa shape index (κ1) is 15.0. The molecule has 5 nitrogen and oxygen atoms in total. The van der Waals surface area contributed by atoms with E-state index in [0.29, 0.717) is 17.9 Å². The molecule has 0 aliphatic heterocycles. The highest BCUT2D eigenvalue weighted by molar-refractivity contribution is 6.28. The van der Waals surface area contributed by atoms with Gasteiger partial charge in [0.1, 0.15) is 0 Å². The van der Waals surface area contributed by atoms with Crippen LogP contribution in [0.4, 0.5) is 11.9 Å². The summed E-state index contributed by atoms with van der Waals surface area (Å²) < 4.78 is 0. The molecule has 1 N–H and O–H groups in total. The number of nitrogens with one attached hydrogen (secondary N) is 1. The zero-order valence-electron chi connectivity index (χ0n) is 11.6. The molecule has 1 heterocycles. The predicted molar refractivity (Wildman–Crippen MR) is 76.4 cm³/mol. The molecular weight excluding hydrogens is 250 g/mol. The maximum atomic E-state index is 5.93. The summed E-state index contributed by atoms with van der Waals surface area (Å²) in [5.74, 6) is 1.16. The Labute approximate surface area is 114 Å². The molecule has 1 unspecified atom stereocenters. The Bertz CT molecular complexity index is 371. The zero-order valence-corrected chi connectivity index (χ0v) is 12.3. The van der Waals surface area contributed by atoms with Crippen LogP contribution in [0.2, 0.25) is 5.28 Å². The van der Waals surface area contributed by atoms with Gasteiger partial charge in [-0.05, 0) is 31.4 Å². The number of hydrogen-bond donors (Lipinski definition) is 1. The van der Waals surface area contributed by atoms with E-state index >= 15 is 0 Å². The Kier molecular flexibility index (Phi) is 6.12. The van der Waals surface area contributed by atoms with Crippen molar-refractivity contribution in [3.8, 4) is 0 Å². The molecule has 0 amide bonds. The lowest BCUT2D eigenvalue weighted by Crippen LogP contribution is -2.35. The second kappa shape index (κ2) is 7.36. The minimum absolute atomic E-state index is 0.231. The van der Waals surface area contributed by atoms with Gasteiger partial charge in [-0.15, -0.1) is 0 Å². The number of nitrogens with zero attached hydrogens (tertiary/aromatic N) is 4. The summed E-state index contributed by atoms with van der Waals surface area (Å²) >= 11 is 5.93. The van der Waals surface area contributed by atoms with Crippen molar-refractivity contribution < 1.29 is 0 Å². The van der Waals surface area contributed by atoms with E-state index in [9.17, 15) is 0 Å². The fourth-order valence-corrected chi connectivity index (χ4v) is 1.80. The van der Waals surface area contributed by atoms with Gasteiger partial charge >= 0.3 is 0 Å². The van der Waals surface area contributed by atoms with Gasteiger partial charge in [0.15, 0.2) is 0 Å². The van der Waals surface area contributed by atoms with Crippen LogP contribution in [0.5, 0.6) is 0 Å². The smallest absolute Gasteiger partial charge is 0.231 e. The summed E-state index contributed by atoms with van der Waals surface area (Å²) in [4.78, 5) is 14.8. The van der Waals surface area contributed by atoms with Crippen LogP contribution in [-0.4, -0.2) is 34.6 Å². The summed E-state index contributed by atoms with van der Waals surface area (Å²) in [5.41, 5.74) is 0. The summed E-state index contributed by atoms with van der Waals surface area (Å²) in [6.07, 6.45) is 3.30. The van der Waals surface area contributed by atoms with E-state index in [1.165, 1.54) is 0 Å². The highest BCUT2D eigenvalue weighted by Crippen LogP contribution is 2.18. The third-order valence-corrected chi connectivity index (χ3v) is 3.12. The molecule has 0 aromatic carbocycles. The normalized spacial score (nSPS) is 12.3. The largest absolute Gasteiger partial charge is 0.357 e. The first-order chi connectivity index (χ1) is 8.62. The molecule has 0 aliphatic rings. The highest BCUT2D eigenvalue weighted by atomic mass is 35.5. The second-order valence-electron chi connectivity index (χ2n) is 4.28. The molecule has 1 atom stereocenters. The topological polar surface area (TPSA) is 53.9 Å². The minimum atomic E-state index is 0.231. The van der Waals surface area contributed by atoms with Crippen LogP contribution in [0.25, 0.3) is 0 Å². The molecule has 0 bridgehead atoms. The molecule has 18 heavy (non-hydrogen) atoms. The van der Waals surface area contributed by atoms with Crippen molar-refractivity contribution in [1.29, 1.82) is 0 Å². The summed E-state index contributed by atoms with van der Waals surface area (Å²) in [7, 11) is 1.77. The van der Waals surface area contributed by atoms with Gasteiger partial charge in [-0.3, -0.25) is 0 Å². The van der Waals surface area contributed by atoms with Gasteiger partial charge in [0, 0.05) is 19.6 Å². The number of hydrogen-bond acceptors (Lipinski definition) is 5. The van der Waals surface area contributed by atoms with Gasteiger partial charge in [0.25, 0.3) is 0 Å². The lowest BCUT2D eigenvalue weighted by molar-refractivity contribution is 0.581. The highest BCUT2D eigenvalue weighted by Gasteiger charge is 2.17. The van der Waals surface area contributed by atoms with E-state index in [0.717, 1.165) is 25.8 Å². The van der Waals surface area contributed by atoms with Crippen molar-refractivity contribution in [1.82, 2.24) is 15.0 Å². The molecule has 102 valence electrons. The van der Waals surface area contributed by atoms with Crippen LogP contribution in [-0.2, 0) is 0 Å². The molecule has 1 aromatic rings. The first-order valence-electron chi connectivity index (χ1n) is 6.48. The molecule has 0 fully saturated rings. The quantitative estimate of drug-likeness (QED) is 0.826. The standard InChI is InChI=1S/C12H22ClN5/c1-5-7-8-18(9(3)6-2)12-16-10(13)15-11(14-4)17-12/h9H,5-8H2,1-4H3,(H,14,15,16,17). The van der Waals surface area contributed by atoms with E-state index in [4.69, 9.17) is 11.6 Å². The lowest BCUT2D eigenvalue weighted by atomic mass is 10.2. The van der Waals surface area contributed by atoms with Crippen LogP contribution < -0.4 is 10.2 Å². The van der Waals surface area contributed by atoms with Gasteiger partial charge in [0.2, 0.25) is 17.2 Å². The molecule has 1 rings (SSSR count). The van der Waals surface area contributed by atoms with Crippen molar-refractivity contribution >= 4 is 23.5 Å². The van der Waals surface area contributed by atoms with Crippen molar-refractivity contribution in [2.75, 3.05) is 23.8 Å². The molecule has 6 heteroatoms. The van der Waals surface area contributed by atoms with E-state index in [1.54, 1.807) is 7.05 Å². The maximum Gasteiger partial charge on any atom is 0.231 e. The van der Waals surface area contributed by atoms with Crippen molar-refractivity contribution in [3.63, 3.8) is 0 Å². The monoisotopic (exact) mass is 271 g/mol. The van der Waals surface area contributed by atoms with Gasteiger partial charge in [-0.25, -0.2) is 0 Å². The van der Waals surface area contributed by atoms with Gasteiger partial charge < -0.3 is 10.2 Å². The maximum absolute atomic E-state index is 5.93. The second-order valence-corrected chi connectivity index (χ2v) is 4.62. The Morgan fingerprint density at radius 3 is 2.56 bits per heavy atom. The summed E-state index contributed by atoms with van der Waals surface area (Å²) in [6.45, 7) is 7.45. The molecule has 0 spiro atoms. The van der Waals surface area contributed by atoms with Crippen LogP contribution in [0.3, 0.4) is 0 Å². The van der Waals surface area contributed by atoms with Gasteiger partial charge in [0.05, 0.1) is 0 Å². The molecule has 0 radical (unpaired) electrons. The number of anilines is 2. The summed E-state index contributed by atoms with van der Waals surface area (Å²) in [6, 6.07) is 0.389. The molecule has 0 saturated heterocycles. The SMILES string of the molecule is CCCCN(c1nc(Cl)nc(NC)n1)C(C)CC.